The number of aromatic amines is 1. The summed E-state index contributed by atoms with van der Waals surface area (Å²) in [6.07, 6.45) is 4.27. The molecule has 0 spiro atoms. The van der Waals surface area contributed by atoms with Gasteiger partial charge in [-0.1, -0.05) is 30.3 Å². The Hall–Kier alpha value is -3.22. The number of nitrogens with one attached hydrogen (secondary N) is 1. The van der Waals surface area contributed by atoms with E-state index in [0.29, 0.717) is 17.1 Å². The van der Waals surface area contributed by atoms with Crippen LogP contribution in [0.5, 0.6) is 0 Å². The van der Waals surface area contributed by atoms with Gasteiger partial charge in [0.05, 0.1) is 22.2 Å². The van der Waals surface area contributed by atoms with Crippen molar-refractivity contribution in [2.45, 2.75) is 25.2 Å². The predicted octanol–water partition coefficient (Wildman–Crippen LogP) is 3.61. The smallest absolute Gasteiger partial charge is 0.293 e. The molecule has 2 heterocycles. The van der Waals surface area contributed by atoms with Gasteiger partial charge in [-0.05, 0) is 36.8 Å². The van der Waals surface area contributed by atoms with Crippen molar-refractivity contribution in [2.24, 2.45) is 0 Å². The number of nitro groups is 1. The van der Waals surface area contributed by atoms with Gasteiger partial charge in [0.15, 0.2) is 0 Å². The van der Waals surface area contributed by atoms with Crippen LogP contribution in [0, 0.1) is 10.1 Å². The van der Waals surface area contributed by atoms with Gasteiger partial charge < -0.3 is 9.88 Å². The molecule has 0 radical (unpaired) electrons. The Kier molecular flexibility index (Phi) is 4.58. The number of hydrogen-bond donors (Lipinski definition) is 1. The molecule has 1 aromatic heterocycles. The Labute approximate surface area is 155 Å². The van der Waals surface area contributed by atoms with Crippen molar-refractivity contribution in [3.05, 3.63) is 74.8 Å². The van der Waals surface area contributed by atoms with E-state index in [9.17, 15) is 14.9 Å². The Morgan fingerprint density at radius 1 is 1.15 bits per heavy atom. The molecule has 2 aromatic carbocycles. The molecule has 7 nitrogen and oxygen atoms in total. The molecule has 0 saturated carbocycles. The first-order valence-corrected chi connectivity index (χ1v) is 9.09. The predicted molar refractivity (Wildman–Crippen MR) is 104 cm³/mol. The molecule has 3 aromatic rings. The number of fused-ring (bicyclic) bond motifs is 1. The van der Waals surface area contributed by atoms with Crippen molar-refractivity contribution in [1.29, 1.82) is 0 Å². The molecule has 1 fully saturated rings. The summed E-state index contributed by atoms with van der Waals surface area (Å²) in [4.78, 5) is 31.9. The number of rotatable bonds is 3. The second kappa shape index (κ2) is 7.19. The van der Waals surface area contributed by atoms with Gasteiger partial charge in [-0.15, -0.1) is 0 Å². The van der Waals surface area contributed by atoms with Crippen LogP contribution in [0.2, 0.25) is 0 Å². The summed E-state index contributed by atoms with van der Waals surface area (Å²) in [6, 6.07) is 13.4. The second-order valence-electron chi connectivity index (χ2n) is 6.87. The van der Waals surface area contributed by atoms with Gasteiger partial charge in [0.2, 0.25) is 0 Å². The van der Waals surface area contributed by atoms with Crippen molar-refractivity contribution in [3.8, 4) is 0 Å². The van der Waals surface area contributed by atoms with E-state index in [0.717, 1.165) is 32.4 Å². The third-order valence-electron chi connectivity index (χ3n) is 5.27. The highest BCUT2D eigenvalue weighted by Crippen LogP contribution is 2.35. The van der Waals surface area contributed by atoms with Crippen molar-refractivity contribution >= 4 is 22.3 Å². The molecule has 7 heteroatoms. The highest BCUT2D eigenvalue weighted by atomic mass is 16.6. The monoisotopic (exact) mass is 364 g/mol. The minimum absolute atomic E-state index is 0.0424. The molecule has 1 atom stereocenters. The number of aromatic nitrogens is 2. The number of nitrogens with zero attached hydrogens (tertiary/aromatic N) is 3. The number of hydrogen-bond acceptors (Lipinski definition) is 5. The summed E-state index contributed by atoms with van der Waals surface area (Å²) in [7, 11) is 0. The van der Waals surface area contributed by atoms with Crippen LogP contribution < -0.4 is 10.5 Å². The average Bonchev–Trinajstić information content (AvgIpc) is 2.94. The highest BCUT2D eigenvalue weighted by Gasteiger charge is 2.25. The Balaban J connectivity index is 1.68. The first-order chi connectivity index (χ1) is 13.1. The van der Waals surface area contributed by atoms with E-state index in [1.807, 2.05) is 6.07 Å². The van der Waals surface area contributed by atoms with Crippen LogP contribution in [0.1, 0.15) is 30.7 Å². The van der Waals surface area contributed by atoms with E-state index in [1.54, 1.807) is 6.07 Å². The average molecular weight is 364 g/mol. The lowest BCUT2D eigenvalue weighted by Crippen LogP contribution is -2.25. The molecule has 27 heavy (non-hydrogen) atoms. The van der Waals surface area contributed by atoms with Gasteiger partial charge in [-0.2, -0.15) is 0 Å². The minimum Gasteiger partial charge on any atom is -0.366 e. The van der Waals surface area contributed by atoms with Gasteiger partial charge in [-0.3, -0.25) is 14.9 Å². The summed E-state index contributed by atoms with van der Waals surface area (Å²) in [6.45, 7) is 1.48. The fourth-order valence-electron chi connectivity index (χ4n) is 3.89. The van der Waals surface area contributed by atoms with Crippen LogP contribution in [0.3, 0.4) is 0 Å². The third-order valence-corrected chi connectivity index (χ3v) is 5.27. The van der Waals surface area contributed by atoms with E-state index in [-0.39, 0.29) is 16.6 Å². The van der Waals surface area contributed by atoms with Gasteiger partial charge in [0.1, 0.15) is 5.69 Å². The molecule has 1 saturated heterocycles. The molecule has 0 bridgehead atoms. The summed E-state index contributed by atoms with van der Waals surface area (Å²) in [5.41, 5.74) is 1.93. The molecule has 1 N–H and O–H groups in total. The fourth-order valence-corrected chi connectivity index (χ4v) is 3.89. The first kappa shape index (κ1) is 17.2. The van der Waals surface area contributed by atoms with Crippen LogP contribution >= 0.6 is 0 Å². The zero-order valence-corrected chi connectivity index (χ0v) is 14.8. The van der Waals surface area contributed by atoms with Crippen molar-refractivity contribution in [3.63, 3.8) is 0 Å². The number of nitro benzene ring substituents is 1. The highest BCUT2D eigenvalue weighted by molar-refractivity contribution is 5.87. The van der Waals surface area contributed by atoms with Gasteiger partial charge >= 0.3 is 0 Å². The maximum Gasteiger partial charge on any atom is 0.293 e. The van der Waals surface area contributed by atoms with E-state index in [1.165, 1.54) is 18.0 Å². The SMILES string of the molecule is O=c1[nH]cnc2cc(N3CCCC(c4ccccc4)CC3)c([N+](=O)[O-])cc12. The van der Waals surface area contributed by atoms with Crippen molar-refractivity contribution < 1.29 is 4.92 Å². The molecule has 1 unspecified atom stereocenters. The van der Waals surface area contributed by atoms with Gasteiger partial charge in [0.25, 0.3) is 11.2 Å². The molecular formula is C20H20N4O3. The molecule has 0 aliphatic carbocycles. The van der Waals surface area contributed by atoms with Gasteiger partial charge in [-0.25, -0.2) is 4.98 Å². The molecule has 0 amide bonds. The van der Waals surface area contributed by atoms with Crippen LogP contribution in [0.4, 0.5) is 11.4 Å². The largest absolute Gasteiger partial charge is 0.366 e. The van der Waals surface area contributed by atoms with E-state index in [4.69, 9.17) is 0 Å². The minimum atomic E-state index is -0.416. The molecule has 138 valence electrons. The molecule has 1 aliphatic rings. The topological polar surface area (TPSA) is 92.1 Å². The zero-order valence-electron chi connectivity index (χ0n) is 14.8. The van der Waals surface area contributed by atoms with Crippen LogP contribution in [0.15, 0.2) is 53.6 Å². The Bertz CT molecular complexity index is 1030. The zero-order chi connectivity index (χ0) is 18.8. The van der Waals surface area contributed by atoms with E-state index < -0.39 is 4.92 Å². The van der Waals surface area contributed by atoms with Crippen molar-refractivity contribution in [1.82, 2.24) is 9.97 Å². The number of H-pyrrole nitrogens is 1. The number of benzene rings is 2. The Morgan fingerprint density at radius 2 is 1.96 bits per heavy atom. The maximum absolute atomic E-state index is 12.0. The summed E-state index contributed by atoms with van der Waals surface area (Å²) in [5.74, 6) is 0.455. The maximum atomic E-state index is 12.0. The lowest BCUT2D eigenvalue weighted by atomic mass is 9.92. The van der Waals surface area contributed by atoms with E-state index in [2.05, 4.69) is 39.1 Å². The quantitative estimate of drug-likeness (QED) is 0.566. The lowest BCUT2D eigenvalue weighted by molar-refractivity contribution is -0.384. The summed E-state index contributed by atoms with van der Waals surface area (Å²) in [5, 5.41) is 11.9. The van der Waals surface area contributed by atoms with Crippen LogP contribution in [-0.4, -0.2) is 28.0 Å². The summed E-state index contributed by atoms with van der Waals surface area (Å²) >= 11 is 0. The molecule has 4 rings (SSSR count). The fraction of sp³-hybridized carbons (Fsp3) is 0.300. The van der Waals surface area contributed by atoms with Gasteiger partial charge in [0, 0.05) is 19.2 Å². The van der Waals surface area contributed by atoms with Crippen LogP contribution in [0.25, 0.3) is 10.9 Å². The third kappa shape index (κ3) is 3.40. The lowest BCUT2D eigenvalue weighted by Gasteiger charge is -2.23. The van der Waals surface area contributed by atoms with Crippen LogP contribution in [-0.2, 0) is 0 Å². The normalized spacial score (nSPS) is 17.6. The van der Waals surface area contributed by atoms with E-state index >= 15 is 0 Å². The summed E-state index contributed by atoms with van der Waals surface area (Å²) < 4.78 is 0. The first-order valence-electron chi connectivity index (χ1n) is 9.09. The van der Waals surface area contributed by atoms with Crippen molar-refractivity contribution in [2.75, 3.05) is 18.0 Å². The Morgan fingerprint density at radius 3 is 2.74 bits per heavy atom. The standard InChI is InChI=1S/C20H20N4O3/c25-20-16-11-19(24(26)27)18(12-17(16)21-13-22-20)23-9-4-7-15(8-10-23)14-5-2-1-3-6-14/h1-3,5-6,11-13,15H,4,7-10H2,(H,21,22,25). The molecule has 1 aliphatic heterocycles. The number of anilines is 1. The second-order valence-corrected chi connectivity index (χ2v) is 6.87. The molecular weight excluding hydrogens is 344 g/mol.